The summed E-state index contributed by atoms with van der Waals surface area (Å²) in [6.07, 6.45) is 2.02. The molecule has 0 radical (unpaired) electrons. The molecule has 0 bridgehead atoms. The largest absolute Gasteiger partial charge is 0.480 e. The molecule has 6 nitrogen and oxygen atoms in total. The fourth-order valence-corrected chi connectivity index (χ4v) is 5.36. The van der Waals surface area contributed by atoms with E-state index in [1.165, 1.54) is 29.2 Å². The lowest BCUT2D eigenvalue weighted by Crippen LogP contribution is -2.44. The van der Waals surface area contributed by atoms with Gasteiger partial charge in [0.15, 0.2) is 0 Å². The van der Waals surface area contributed by atoms with Crippen LogP contribution in [0.15, 0.2) is 65.3 Å². The van der Waals surface area contributed by atoms with Crippen molar-refractivity contribution in [2.24, 2.45) is 5.92 Å². The molecule has 3 atom stereocenters. The minimum absolute atomic E-state index is 0.108. The number of hydrogen-bond acceptors (Lipinski definition) is 4. The maximum Gasteiger partial charge on any atom is 0.326 e. The van der Waals surface area contributed by atoms with E-state index in [9.17, 15) is 19.1 Å². The van der Waals surface area contributed by atoms with Crippen molar-refractivity contribution in [3.05, 3.63) is 93.6 Å². The molecule has 174 valence electrons. The minimum atomic E-state index is -1.06. The third-order valence-corrected chi connectivity index (χ3v) is 7.02. The van der Waals surface area contributed by atoms with Gasteiger partial charge in [-0.2, -0.15) is 0 Å². The van der Waals surface area contributed by atoms with Gasteiger partial charge in [-0.1, -0.05) is 18.2 Å². The molecule has 34 heavy (non-hydrogen) atoms. The molecule has 2 aliphatic rings. The average Bonchev–Trinajstić information content (AvgIpc) is 3.37. The molecule has 1 aromatic heterocycles. The summed E-state index contributed by atoms with van der Waals surface area (Å²) in [6, 6.07) is 11.8. The Morgan fingerprint density at radius 2 is 1.88 bits per heavy atom. The number of halogens is 3. The molecule has 3 heterocycles. The lowest BCUT2D eigenvalue weighted by atomic mass is 9.86. The van der Waals surface area contributed by atoms with Crippen molar-refractivity contribution >= 4 is 33.6 Å². The lowest BCUT2D eigenvalue weighted by molar-refractivity contribution is -0.140. The number of hydrogen-bond donors (Lipinski definition) is 1. The smallest absolute Gasteiger partial charge is 0.326 e. The van der Waals surface area contributed by atoms with Crippen LogP contribution in [0.2, 0.25) is 0 Å². The normalized spacial score (nSPS) is 21.7. The Labute approximate surface area is 203 Å². The number of aliphatic carboxylic acids is 1. The van der Waals surface area contributed by atoms with E-state index in [4.69, 9.17) is 0 Å². The quantitative estimate of drug-likeness (QED) is 0.515. The van der Waals surface area contributed by atoms with Crippen LogP contribution in [0, 0.1) is 17.6 Å². The van der Waals surface area contributed by atoms with Crippen molar-refractivity contribution in [3.8, 4) is 0 Å². The molecule has 2 unspecified atom stereocenters. The van der Waals surface area contributed by atoms with Gasteiger partial charge in [-0.3, -0.25) is 4.79 Å². The van der Waals surface area contributed by atoms with Gasteiger partial charge in [0.25, 0.3) is 5.91 Å². The van der Waals surface area contributed by atoms with Crippen molar-refractivity contribution in [3.63, 3.8) is 0 Å². The number of carboxylic acid groups (broad SMARTS) is 1. The highest BCUT2D eigenvalue weighted by Crippen LogP contribution is 2.47. The second kappa shape index (κ2) is 8.79. The number of carbonyl (C=O) groups excluding carboxylic acids is 1. The van der Waals surface area contributed by atoms with Gasteiger partial charge >= 0.3 is 5.97 Å². The first-order chi connectivity index (χ1) is 16.3. The van der Waals surface area contributed by atoms with Gasteiger partial charge in [-0.25, -0.2) is 18.6 Å². The number of fused-ring (bicyclic) bond motifs is 1. The van der Waals surface area contributed by atoms with Gasteiger partial charge in [-0.15, -0.1) is 0 Å². The van der Waals surface area contributed by atoms with Crippen LogP contribution in [0.4, 0.5) is 14.6 Å². The van der Waals surface area contributed by atoms with Crippen molar-refractivity contribution in [1.29, 1.82) is 0 Å². The summed E-state index contributed by atoms with van der Waals surface area (Å²) < 4.78 is 29.3. The molecule has 1 fully saturated rings. The van der Waals surface area contributed by atoms with Crippen LogP contribution >= 0.6 is 15.9 Å². The van der Waals surface area contributed by atoms with Gasteiger partial charge in [0.05, 0.1) is 6.04 Å². The maximum absolute atomic E-state index is 15.1. The molecule has 9 heteroatoms. The Morgan fingerprint density at radius 1 is 1.12 bits per heavy atom. The Kier molecular flexibility index (Phi) is 5.81. The van der Waals surface area contributed by atoms with Crippen LogP contribution in [0.25, 0.3) is 0 Å². The van der Waals surface area contributed by atoms with Crippen LogP contribution in [0.3, 0.4) is 0 Å². The number of carboxylic acids is 1. The summed E-state index contributed by atoms with van der Waals surface area (Å²) in [4.78, 5) is 33.4. The van der Waals surface area contributed by atoms with Crippen LogP contribution in [-0.2, 0) is 11.3 Å². The second-order valence-electron chi connectivity index (χ2n) is 8.47. The Hall–Kier alpha value is -3.33. The third-order valence-electron chi connectivity index (χ3n) is 6.55. The number of rotatable bonds is 5. The first-order valence-corrected chi connectivity index (χ1v) is 11.6. The molecule has 0 spiro atoms. The predicted octanol–water partition coefficient (Wildman–Crippen LogP) is 4.80. The van der Waals surface area contributed by atoms with E-state index in [1.807, 2.05) is 0 Å². The second-order valence-corrected chi connectivity index (χ2v) is 9.38. The topological polar surface area (TPSA) is 73.7 Å². The highest BCUT2D eigenvalue weighted by molar-refractivity contribution is 9.10. The van der Waals surface area contributed by atoms with Crippen LogP contribution < -0.4 is 4.90 Å². The molecule has 1 amide bonds. The minimum Gasteiger partial charge on any atom is -0.480 e. The lowest BCUT2D eigenvalue weighted by Gasteiger charge is -2.34. The van der Waals surface area contributed by atoms with Crippen LogP contribution in [-0.4, -0.2) is 39.5 Å². The molecule has 5 rings (SSSR count). The van der Waals surface area contributed by atoms with E-state index >= 15 is 4.39 Å². The number of nitrogens with zero attached hydrogens (tertiary/aromatic N) is 3. The molecular weight excluding hydrogens is 508 g/mol. The van der Waals surface area contributed by atoms with Crippen molar-refractivity contribution in [2.45, 2.75) is 25.0 Å². The summed E-state index contributed by atoms with van der Waals surface area (Å²) in [5, 5.41) is 10.2. The van der Waals surface area contributed by atoms with E-state index in [2.05, 4.69) is 20.9 Å². The number of anilines is 1. The number of carbonyl (C=O) groups is 2. The first kappa shape index (κ1) is 22.5. The number of amides is 1. The fraction of sp³-hybridized carbons (Fsp3) is 0.240. The van der Waals surface area contributed by atoms with E-state index in [-0.39, 0.29) is 23.6 Å². The van der Waals surface area contributed by atoms with E-state index < -0.39 is 35.6 Å². The molecular formula is C25H20BrF2N3O3. The molecule has 3 aromatic rings. The van der Waals surface area contributed by atoms with Crippen molar-refractivity contribution in [1.82, 2.24) is 9.88 Å². The zero-order valence-electron chi connectivity index (χ0n) is 17.9. The highest BCUT2D eigenvalue weighted by Gasteiger charge is 2.51. The van der Waals surface area contributed by atoms with Crippen LogP contribution in [0.1, 0.15) is 33.9 Å². The molecule has 2 aromatic carbocycles. The Morgan fingerprint density at radius 3 is 2.56 bits per heavy atom. The average molecular weight is 528 g/mol. The third kappa shape index (κ3) is 3.83. The van der Waals surface area contributed by atoms with Crippen molar-refractivity contribution in [2.75, 3.05) is 11.4 Å². The first-order valence-electron chi connectivity index (χ1n) is 10.8. The van der Waals surface area contributed by atoms with Gasteiger partial charge < -0.3 is 14.9 Å². The zero-order chi connectivity index (χ0) is 24.0. The Bertz CT molecular complexity index is 1250. The standard InChI is InChI=1S/C25H20BrF2N3O3/c26-15-6-9-20(29-12-15)30-11-10-18(23(30)25(33)34)22-21-17(2-1-3-19(21)28)24(32)31(22)13-14-4-7-16(27)8-5-14/h1-9,12,18,22-23H,10-11,13H2,(H,33,34)/t18?,22?,23-/m0/s1. The van der Waals surface area contributed by atoms with E-state index in [0.29, 0.717) is 24.3 Å². The molecule has 1 saturated heterocycles. The zero-order valence-corrected chi connectivity index (χ0v) is 19.5. The molecule has 0 aliphatic carbocycles. The molecule has 0 saturated carbocycles. The van der Waals surface area contributed by atoms with Crippen LogP contribution in [0.5, 0.6) is 0 Å². The fourth-order valence-electron chi connectivity index (χ4n) is 5.12. The van der Waals surface area contributed by atoms with E-state index in [0.717, 1.165) is 4.47 Å². The maximum atomic E-state index is 15.1. The number of benzene rings is 2. The summed E-state index contributed by atoms with van der Waals surface area (Å²) >= 11 is 3.33. The number of pyridine rings is 1. The van der Waals surface area contributed by atoms with Gasteiger partial charge in [0.2, 0.25) is 0 Å². The summed E-state index contributed by atoms with van der Waals surface area (Å²) in [7, 11) is 0. The number of aromatic nitrogens is 1. The van der Waals surface area contributed by atoms with Gasteiger partial charge in [0, 0.05) is 40.8 Å². The molecule has 1 N–H and O–H groups in total. The highest BCUT2D eigenvalue weighted by atomic mass is 79.9. The van der Waals surface area contributed by atoms with Crippen molar-refractivity contribution < 1.29 is 23.5 Å². The summed E-state index contributed by atoms with van der Waals surface area (Å²) in [5.74, 6) is -2.45. The van der Waals surface area contributed by atoms with E-state index in [1.54, 1.807) is 41.4 Å². The SMILES string of the molecule is O=C(O)[C@@H]1C(C2c3c(F)cccc3C(=O)N2Cc2ccc(F)cc2)CCN1c1ccc(Br)cn1. The molecule has 2 aliphatic heterocycles. The van der Waals surface area contributed by atoms with Gasteiger partial charge in [-0.05, 0) is 64.3 Å². The summed E-state index contributed by atoms with van der Waals surface area (Å²) in [5.41, 5.74) is 1.12. The van der Waals surface area contributed by atoms with Gasteiger partial charge in [0.1, 0.15) is 23.5 Å². The summed E-state index contributed by atoms with van der Waals surface area (Å²) in [6.45, 7) is 0.506. The predicted molar refractivity (Wildman–Crippen MR) is 124 cm³/mol. The Balaban J connectivity index is 1.56. The monoisotopic (exact) mass is 527 g/mol.